The Balaban J connectivity index is 3.19. The highest BCUT2D eigenvalue weighted by atomic mass is 32.1. The van der Waals surface area contributed by atoms with Gasteiger partial charge in [0.05, 0.1) is 0 Å². The fourth-order valence-corrected chi connectivity index (χ4v) is 1.78. The van der Waals surface area contributed by atoms with E-state index < -0.39 is 0 Å². The third kappa shape index (κ3) is 2.49. The van der Waals surface area contributed by atoms with Crippen LogP contribution in [0, 0.1) is 0 Å². The van der Waals surface area contributed by atoms with Crippen molar-refractivity contribution in [2.24, 2.45) is 0 Å². The Hall–Kier alpha value is -0.540. The molecule has 0 fully saturated rings. The lowest BCUT2D eigenvalue weighted by Gasteiger charge is -2.09. The Morgan fingerprint density at radius 3 is 2.36 bits per heavy atom. The molecule has 1 nitrogen and oxygen atoms in total. The van der Waals surface area contributed by atoms with Crippen LogP contribution in [0.4, 0.5) is 0 Å². The summed E-state index contributed by atoms with van der Waals surface area (Å²) in [5.74, 6) is 1.55. The van der Waals surface area contributed by atoms with E-state index in [9.17, 15) is 5.11 Å². The molecule has 1 N–H and O–H groups in total. The van der Waals surface area contributed by atoms with Gasteiger partial charge < -0.3 is 5.11 Å². The lowest BCUT2D eigenvalue weighted by atomic mass is 10.0. The van der Waals surface area contributed by atoms with Crippen LogP contribution in [0.15, 0.2) is 24.8 Å². The number of phenolic OH excluding ortho intramolecular Hbond substituents is 1. The molecule has 0 unspecified atom stereocenters. The zero-order valence-corrected chi connectivity index (χ0v) is 9.69. The van der Waals surface area contributed by atoms with E-state index in [1.54, 1.807) is 6.08 Å². The maximum atomic E-state index is 9.82. The van der Waals surface area contributed by atoms with Crippen LogP contribution in [-0.4, -0.2) is 5.11 Å². The van der Waals surface area contributed by atoms with Gasteiger partial charge in [0.2, 0.25) is 0 Å². The van der Waals surface area contributed by atoms with E-state index in [2.05, 4.69) is 31.8 Å². The molecule has 0 aliphatic rings. The van der Waals surface area contributed by atoms with Gasteiger partial charge in [-0.3, -0.25) is 0 Å². The van der Waals surface area contributed by atoms with Gasteiger partial charge in [-0.1, -0.05) is 18.2 Å². The number of benzene rings is 1. The van der Waals surface area contributed by atoms with E-state index in [0.29, 0.717) is 23.7 Å². The van der Waals surface area contributed by atoms with Crippen LogP contribution in [0.3, 0.4) is 0 Å². The van der Waals surface area contributed by atoms with Gasteiger partial charge in [-0.05, 0) is 17.5 Å². The van der Waals surface area contributed by atoms with E-state index in [0.717, 1.165) is 16.7 Å². The second-order valence-corrected chi connectivity index (χ2v) is 3.70. The highest BCUT2D eigenvalue weighted by Gasteiger charge is 2.07. The van der Waals surface area contributed by atoms with Gasteiger partial charge in [0.25, 0.3) is 0 Å². The highest BCUT2D eigenvalue weighted by molar-refractivity contribution is 7.79. The van der Waals surface area contributed by atoms with Crippen LogP contribution < -0.4 is 0 Å². The van der Waals surface area contributed by atoms with Crippen molar-refractivity contribution in [3.05, 3.63) is 41.5 Å². The minimum absolute atomic E-state index is 0.338. The Morgan fingerprint density at radius 2 is 1.86 bits per heavy atom. The molecule has 14 heavy (non-hydrogen) atoms. The third-order valence-electron chi connectivity index (χ3n) is 2.04. The molecule has 0 saturated carbocycles. The first kappa shape index (κ1) is 11.5. The van der Waals surface area contributed by atoms with E-state index >= 15 is 0 Å². The summed E-state index contributed by atoms with van der Waals surface area (Å²) in [6.45, 7) is 3.66. The molecule has 1 aromatic carbocycles. The first-order valence-corrected chi connectivity index (χ1v) is 5.65. The van der Waals surface area contributed by atoms with Crippen LogP contribution in [0.2, 0.25) is 0 Å². The van der Waals surface area contributed by atoms with Gasteiger partial charge in [-0.15, -0.1) is 6.58 Å². The Labute approximate surface area is 95.7 Å². The van der Waals surface area contributed by atoms with Gasteiger partial charge in [0.1, 0.15) is 5.75 Å². The molecule has 1 aromatic rings. The van der Waals surface area contributed by atoms with E-state index in [1.165, 1.54) is 0 Å². The summed E-state index contributed by atoms with van der Waals surface area (Å²) in [5, 5.41) is 9.82. The zero-order valence-electron chi connectivity index (χ0n) is 7.90. The number of thiol groups is 2. The number of phenols is 1. The zero-order chi connectivity index (χ0) is 10.6. The summed E-state index contributed by atoms with van der Waals surface area (Å²) < 4.78 is 0. The van der Waals surface area contributed by atoms with Crippen molar-refractivity contribution in [3.63, 3.8) is 0 Å². The quantitative estimate of drug-likeness (QED) is 0.532. The van der Waals surface area contributed by atoms with Crippen LogP contribution in [0.1, 0.15) is 16.7 Å². The predicted octanol–water partition coefficient (Wildman–Crippen LogP) is 2.98. The molecule has 0 saturated heterocycles. The van der Waals surface area contributed by atoms with Crippen molar-refractivity contribution in [2.45, 2.75) is 17.9 Å². The minimum Gasteiger partial charge on any atom is -0.507 e. The van der Waals surface area contributed by atoms with Crippen molar-refractivity contribution in [1.29, 1.82) is 0 Å². The first-order valence-electron chi connectivity index (χ1n) is 4.39. The van der Waals surface area contributed by atoms with E-state index in [4.69, 9.17) is 0 Å². The number of rotatable bonds is 4. The number of hydrogen-bond acceptors (Lipinski definition) is 3. The monoisotopic (exact) mass is 226 g/mol. The number of hydrogen-bond donors (Lipinski definition) is 3. The topological polar surface area (TPSA) is 20.2 Å². The smallest absolute Gasteiger partial charge is 0.123 e. The normalized spacial score (nSPS) is 10.1. The van der Waals surface area contributed by atoms with Crippen LogP contribution in [0.25, 0.3) is 0 Å². The van der Waals surface area contributed by atoms with Crippen LogP contribution >= 0.6 is 25.3 Å². The predicted molar refractivity (Wildman–Crippen MR) is 67.4 cm³/mol. The maximum absolute atomic E-state index is 9.82. The average molecular weight is 226 g/mol. The molecule has 0 bridgehead atoms. The Morgan fingerprint density at radius 1 is 1.21 bits per heavy atom. The van der Waals surface area contributed by atoms with Crippen LogP contribution in [-0.2, 0) is 17.9 Å². The Bertz CT molecular complexity index is 334. The van der Waals surface area contributed by atoms with Crippen LogP contribution in [0.5, 0.6) is 5.75 Å². The molecular formula is C11H14OS2. The molecule has 0 aliphatic carbocycles. The molecule has 76 valence electrons. The molecule has 0 radical (unpaired) electrons. The maximum Gasteiger partial charge on any atom is 0.123 e. The van der Waals surface area contributed by atoms with E-state index in [1.807, 2.05) is 12.1 Å². The summed E-state index contributed by atoms with van der Waals surface area (Å²) in [5.41, 5.74) is 2.86. The van der Waals surface area contributed by atoms with Gasteiger partial charge in [0, 0.05) is 17.1 Å². The number of aromatic hydroxyl groups is 1. The molecule has 0 heterocycles. The van der Waals surface area contributed by atoms with Crippen molar-refractivity contribution in [2.75, 3.05) is 0 Å². The van der Waals surface area contributed by atoms with Crippen molar-refractivity contribution in [3.8, 4) is 5.75 Å². The standard InChI is InChI=1S/C11H14OS2/c1-2-3-9-4-8(6-13)5-10(7-14)11(9)12/h2,4-5,12-14H,1,3,6-7H2. The SMILES string of the molecule is C=CCc1cc(CS)cc(CS)c1O. The molecular weight excluding hydrogens is 212 g/mol. The van der Waals surface area contributed by atoms with Crippen molar-refractivity contribution in [1.82, 2.24) is 0 Å². The summed E-state index contributed by atoms with van der Waals surface area (Å²) in [7, 11) is 0. The molecule has 0 atom stereocenters. The molecule has 3 heteroatoms. The van der Waals surface area contributed by atoms with Crippen molar-refractivity contribution >= 4 is 25.3 Å². The van der Waals surface area contributed by atoms with E-state index in [-0.39, 0.29) is 0 Å². The molecule has 0 aromatic heterocycles. The van der Waals surface area contributed by atoms with Gasteiger partial charge >= 0.3 is 0 Å². The van der Waals surface area contributed by atoms with Gasteiger partial charge in [-0.25, -0.2) is 0 Å². The molecule has 0 aliphatic heterocycles. The number of allylic oxidation sites excluding steroid dienone is 1. The fraction of sp³-hybridized carbons (Fsp3) is 0.273. The molecule has 0 amide bonds. The third-order valence-corrected chi connectivity index (χ3v) is 2.75. The first-order chi connectivity index (χ1) is 6.72. The Kier molecular flexibility index (Phi) is 4.42. The summed E-state index contributed by atoms with van der Waals surface area (Å²) in [6.07, 6.45) is 2.45. The molecule has 1 rings (SSSR count). The highest BCUT2D eigenvalue weighted by Crippen LogP contribution is 2.27. The molecule has 0 spiro atoms. The fourth-order valence-electron chi connectivity index (χ4n) is 1.36. The van der Waals surface area contributed by atoms with Crippen molar-refractivity contribution < 1.29 is 5.11 Å². The summed E-state index contributed by atoms with van der Waals surface area (Å²) in [4.78, 5) is 0. The van der Waals surface area contributed by atoms with Gasteiger partial charge in [0.15, 0.2) is 0 Å². The second kappa shape index (κ2) is 5.37. The average Bonchev–Trinajstić information content (AvgIpc) is 2.21. The summed E-state index contributed by atoms with van der Waals surface area (Å²) in [6, 6.07) is 3.89. The lowest BCUT2D eigenvalue weighted by molar-refractivity contribution is 0.465. The summed E-state index contributed by atoms with van der Waals surface area (Å²) >= 11 is 8.38. The van der Waals surface area contributed by atoms with Gasteiger partial charge in [-0.2, -0.15) is 25.3 Å². The largest absolute Gasteiger partial charge is 0.507 e. The minimum atomic E-state index is 0.338. The second-order valence-electron chi connectivity index (χ2n) is 3.07. The lowest BCUT2D eigenvalue weighted by Crippen LogP contribution is -1.91.